The number of rotatable bonds is 5. The summed E-state index contributed by atoms with van der Waals surface area (Å²) in [7, 11) is 2.07. The quantitative estimate of drug-likeness (QED) is 0.881. The molecule has 0 saturated heterocycles. The smallest absolute Gasteiger partial charge is 0.185 e. The highest BCUT2D eigenvalue weighted by molar-refractivity contribution is 7.16. The van der Waals surface area contributed by atoms with Crippen molar-refractivity contribution in [2.24, 2.45) is 0 Å². The number of nitrogens with zero attached hydrogens (tertiary/aromatic N) is 3. The van der Waals surface area contributed by atoms with Gasteiger partial charge in [-0.05, 0) is 20.9 Å². The summed E-state index contributed by atoms with van der Waals surface area (Å²) in [6, 6.07) is 2.53. The lowest BCUT2D eigenvalue weighted by atomic mass is 10.3. The summed E-state index contributed by atoms with van der Waals surface area (Å²) >= 11 is 7.05. The molecule has 4 nitrogen and oxygen atoms in total. The highest BCUT2D eigenvalue weighted by atomic mass is 35.5. The van der Waals surface area contributed by atoms with Gasteiger partial charge in [0, 0.05) is 19.1 Å². The maximum absolute atomic E-state index is 8.72. The van der Waals surface area contributed by atoms with E-state index < -0.39 is 0 Å². The second-order valence-corrected chi connectivity index (χ2v) is 5.11. The van der Waals surface area contributed by atoms with Crippen LogP contribution in [0, 0.1) is 11.3 Å². The topological polar surface area (TPSA) is 52.0 Å². The Labute approximate surface area is 105 Å². The van der Waals surface area contributed by atoms with Gasteiger partial charge >= 0.3 is 0 Å². The molecule has 0 amide bonds. The molecule has 0 aliphatic heterocycles. The van der Waals surface area contributed by atoms with Crippen LogP contribution in [0.2, 0.25) is 5.15 Å². The molecule has 0 aromatic carbocycles. The van der Waals surface area contributed by atoms with Crippen LogP contribution in [-0.2, 0) is 0 Å². The first-order valence-corrected chi connectivity index (χ1v) is 6.24. The molecule has 0 bridgehead atoms. The first-order chi connectivity index (χ1) is 7.54. The van der Waals surface area contributed by atoms with E-state index in [0.717, 1.165) is 13.1 Å². The van der Waals surface area contributed by atoms with Gasteiger partial charge < -0.3 is 10.2 Å². The summed E-state index contributed by atoms with van der Waals surface area (Å²) in [6.45, 7) is 6.02. The van der Waals surface area contributed by atoms with Crippen molar-refractivity contribution < 1.29 is 0 Å². The van der Waals surface area contributed by atoms with Crippen molar-refractivity contribution in [3.63, 3.8) is 0 Å². The molecule has 1 aromatic heterocycles. The molecule has 0 fully saturated rings. The maximum atomic E-state index is 8.72. The van der Waals surface area contributed by atoms with Crippen LogP contribution in [0.1, 0.15) is 18.7 Å². The SMILES string of the molecule is CC(C)N(C)CCNc1nc(Cl)c(C#N)s1. The largest absolute Gasteiger partial charge is 0.360 e. The first-order valence-electron chi connectivity index (χ1n) is 5.05. The van der Waals surface area contributed by atoms with Crippen molar-refractivity contribution in [3.05, 3.63) is 10.0 Å². The van der Waals surface area contributed by atoms with Crippen molar-refractivity contribution in [2.45, 2.75) is 19.9 Å². The van der Waals surface area contributed by atoms with Gasteiger partial charge in [0.25, 0.3) is 0 Å². The van der Waals surface area contributed by atoms with Crippen molar-refractivity contribution >= 4 is 28.1 Å². The predicted octanol–water partition coefficient (Wildman–Crippen LogP) is 2.42. The summed E-state index contributed by atoms with van der Waals surface area (Å²) in [5, 5.41) is 12.9. The summed E-state index contributed by atoms with van der Waals surface area (Å²) in [5.74, 6) is 0. The van der Waals surface area contributed by atoms with E-state index in [1.807, 2.05) is 6.07 Å². The zero-order chi connectivity index (χ0) is 12.1. The van der Waals surface area contributed by atoms with E-state index in [2.05, 4.69) is 36.1 Å². The highest BCUT2D eigenvalue weighted by Gasteiger charge is 2.08. The molecular formula is C10H15ClN4S. The van der Waals surface area contributed by atoms with Gasteiger partial charge in [-0.1, -0.05) is 22.9 Å². The fourth-order valence-corrected chi connectivity index (χ4v) is 2.02. The number of aromatic nitrogens is 1. The second kappa shape index (κ2) is 6.04. The Kier molecular flexibility index (Phi) is 5.00. The van der Waals surface area contributed by atoms with Crippen molar-refractivity contribution in [1.29, 1.82) is 5.26 Å². The first kappa shape index (κ1) is 13.2. The number of hydrogen-bond donors (Lipinski definition) is 1. The molecule has 88 valence electrons. The minimum Gasteiger partial charge on any atom is -0.360 e. The number of nitrogens with one attached hydrogen (secondary N) is 1. The molecule has 1 aromatic rings. The van der Waals surface area contributed by atoms with E-state index in [4.69, 9.17) is 16.9 Å². The van der Waals surface area contributed by atoms with Crippen LogP contribution in [0.3, 0.4) is 0 Å². The lowest BCUT2D eigenvalue weighted by Crippen LogP contribution is -2.31. The average molecular weight is 259 g/mol. The van der Waals surface area contributed by atoms with Gasteiger partial charge in [-0.15, -0.1) is 0 Å². The number of anilines is 1. The van der Waals surface area contributed by atoms with E-state index in [1.54, 1.807) is 0 Å². The maximum Gasteiger partial charge on any atom is 0.185 e. The molecule has 0 aliphatic carbocycles. The molecule has 0 radical (unpaired) electrons. The van der Waals surface area contributed by atoms with Gasteiger partial charge in [0.05, 0.1) is 0 Å². The van der Waals surface area contributed by atoms with Crippen LogP contribution < -0.4 is 5.32 Å². The third-order valence-corrected chi connectivity index (χ3v) is 3.61. The zero-order valence-corrected chi connectivity index (χ0v) is 11.2. The summed E-state index contributed by atoms with van der Waals surface area (Å²) in [6.07, 6.45) is 0. The minimum absolute atomic E-state index is 0.284. The number of nitriles is 1. The Bertz CT molecular complexity index is 383. The van der Waals surface area contributed by atoms with Gasteiger partial charge in [-0.25, -0.2) is 4.98 Å². The Morgan fingerprint density at radius 1 is 1.62 bits per heavy atom. The Morgan fingerprint density at radius 2 is 2.31 bits per heavy atom. The molecule has 16 heavy (non-hydrogen) atoms. The molecule has 1 heterocycles. The number of hydrogen-bond acceptors (Lipinski definition) is 5. The average Bonchev–Trinajstić information content (AvgIpc) is 2.58. The van der Waals surface area contributed by atoms with Crippen LogP contribution in [0.4, 0.5) is 5.13 Å². The Morgan fingerprint density at radius 3 is 2.81 bits per heavy atom. The van der Waals surface area contributed by atoms with Crippen molar-refractivity contribution in [1.82, 2.24) is 9.88 Å². The zero-order valence-electron chi connectivity index (χ0n) is 9.62. The predicted molar refractivity (Wildman–Crippen MR) is 68.1 cm³/mol. The minimum atomic E-state index is 0.284. The Hall–Kier alpha value is -0.830. The molecule has 6 heteroatoms. The molecule has 0 spiro atoms. The van der Waals surface area contributed by atoms with Gasteiger partial charge in [0.15, 0.2) is 10.3 Å². The van der Waals surface area contributed by atoms with E-state index in [1.165, 1.54) is 11.3 Å². The lowest BCUT2D eigenvalue weighted by Gasteiger charge is -2.20. The van der Waals surface area contributed by atoms with Gasteiger partial charge in [0.1, 0.15) is 10.9 Å². The monoisotopic (exact) mass is 258 g/mol. The fourth-order valence-electron chi connectivity index (χ4n) is 1.04. The Balaban J connectivity index is 2.41. The molecular weight excluding hydrogens is 244 g/mol. The summed E-state index contributed by atoms with van der Waals surface area (Å²) in [5.41, 5.74) is 0. The summed E-state index contributed by atoms with van der Waals surface area (Å²) < 4.78 is 0. The summed E-state index contributed by atoms with van der Waals surface area (Å²) in [4.78, 5) is 6.74. The van der Waals surface area contributed by atoms with Crippen LogP contribution in [0.15, 0.2) is 0 Å². The van der Waals surface area contributed by atoms with E-state index >= 15 is 0 Å². The highest BCUT2D eigenvalue weighted by Crippen LogP contribution is 2.25. The van der Waals surface area contributed by atoms with Crippen LogP contribution in [0.25, 0.3) is 0 Å². The standard InChI is InChI=1S/C10H15ClN4S/c1-7(2)15(3)5-4-13-10-14-9(11)8(6-12)16-10/h7H,4-5H2,1-3H3,(H,13,14). The van der Waals surface area contributed by atoms with Gasteiger partial charge in [-0.2, -0.15) is 5.26 Å². The van der Waals surface area contributed by atoms with Gasteiger partial charge in [-0.3, -0.25) is 0 Å². The van der Waals surface area contributed by atoms with Crippen molar-refractivity contribution in [3.8, 4) is 6.07 Å². The van der Waals surface area contributed by atoms with Crippen LogP contribution in [0.5, 0.6) is 0 Å². The third kappa shape index (κ3) is 3.63. The second-order valence-electron chi connectivity index (χ2n) is 3.75. The number of likely N-dealkylation sites (N-methyl/N-ethyl adjacent to an activating group) is 1. The van der Waals surface area contributed by atoms with E-state index in [0.29, 0.717) is 16.1 Å². The molecule has 0 atom stereocenters. The molecule has 1 N–H and O–H groups in total. The number of halogens is 1. The molecule has 0 aliphatic rings. The molecule has 0 unspecified atom stereocenters. The molecule has 0 saturated carbocycles. The van der Waals surface area contributed by atoms with Gasteiger partial charge in [0.2, 0.25) is 0 Å². The van der Waals surface area contributed by atoms with Crippen LogP contribution in [-0.4, -0.2) is 36.1 Å². The molecule has 1 rings (SSSR count). The fraction of sp³-hybridized carbons (Fsp3) is 0.600. The van der Waals surface area contributed by atoms with Crippen molar-refractivity contribution in [2.75, 3.05) is 25.5 Å². The van der Waals surface area contributed by atoms with E-state index in [-0.39, 0.29) is 5.15 Å². The van der Waals surface area contributed by atoms with E-state index in [9.17, 15) is 0 Å². The van der Waals surface area contributed by atoms with Crippen LogP contribution >= 0.6 is 22.9 Å². The number of thiazole rings is 1. The normalized spacial score (nSPS) is 10.8. The lowest BCUT2D eigenvalue weighted by molar-refractivity contribution is 0.284. The third-order valence-electron chi connectivity index (χ3n) is 2.31.